The van der Waals surface area contributed by atoms with Gasteiger partial charge >= 0.3 is 18.0 Å². The van der Waals surface area contributed by atoms with Gasteiger partial charge in [0.25, 0.3) is 20.2 Å². The van der Waals surface area contributed by atoms with E-state index < -0.39 is 72.9 Å². The van der Waals surface area contributed by atoms with Crippen LogP contribution < -0.4 is 25.6 Å². The Balaban J connectivity index is 1.06. The number of ketones is 2. The van der Waals surface area contributed by atoms with Crippen molar-refractivity contribution < 1.29 is 74.2 Å². The van der Waals surface area contributed by atoms with E-state index in [2.05, 4.69) is 120 Å². The van der Waals surface area contributed by atoms with E-state index in [1.807, 2.05) is 68.4 Å². The minimum atomic E-state index is -4.14. The van der Waals surface area contributed by atoms with Gasteiger partial charge in [-0.15, -0.1) is 0 Å². The molecule has 3 atom stereocenters. The predicted octanol–water partition coefficient (Wildman–Crippen LogP) is 10.9. The molecule has 2 aliphatic heterocycles. The molecular weight excluding hydrogens is 1330 g/mol. The number of fused-ring (bicyclic) bond motifs is 2. The number of amides is 3. The number of carbonyl (C=O) groups excluding carboxylic acids is 4. The molecule has 4 aromatic rings. The smallest absolute Gasteiger partial charge is 0.326 e. The molecule has 0 spiro atoms. The normalized spacial score (nSPS) is 16.8. The van der Waals surface area contributed by atoms with Gasteiger partial charge in [0.1, 0.15) is 41.7 Å². The second-order valence-corrected chi connectivity index (χ2v) is 31.2. The Morgan fingerprint density at radius 2 is 1.33 bits per heavy atom. The van der Waals surface area contributed by atoms with Crippen molar-refractivity contribution in [2.24, 2.45) is 5.92 Å². The first kappa shape index (κ1) is 80.2. The number of hydrogen-bond donors (Lipinski definition) is 7. The van der Waals surface area contributed by atoms with Crippen molar-refractivity contribution in [1.82, 2.24) is 25.8 Å². The van der Waals surface area contributed by atoms with Crippen LogP contribution in [-0.2, 0) is 67.9 Å². The summed E-state index contributed by atoms with van der Waals surface area (Å²) in [6.07, 6.45) is 13.8. The second kappa shape index (κ2) is 37.2. The third-order valence-electron chi connectivity index (χ3n) is 19.1. The molecule has 548 valence electrons. The van der Waals surface area contributed by atoms with Crippen molar-refractivity contribution in [3.63, 3.8) is 0 Å². The van der Waals surface area contributed by atoms with Crippen LogP contribution in [0.1, 0.15) is 152 Å². The fraction of sp³-hybridized carbons (Fsp3) is 0.494. The lowest BCUT2D eigenvalue weighted by Gasteiger charge is -2.27. The number of aryl methyl sites for hydroxylation is 1. The van der Waals surface area contributed by atoms with Crippen molar-refractivity contribution in [3.05, 3.63) is 172 Å². The first-order valence-electron chi connectivity index (χ1n) is 35.2. The lowest BCUT2D eigenvalue weighted by molar-refractivity contribution is -0.438. The number of nitrogens with one attached hydrogen (secondary N) is 3. The topological polar surface area (TPSA) is 310 Å². The highest BCUT2D eigenvalue weighted by molar-refractivity contribution is 7.86. The Hall–Kier alpha value is -8.13. The number of urea groups is 1. The fourth-order valence-electron chi connectivity index (χ4n) is 13.4. The molecule has 0 saturated carbocycles. The number of allylic oxidation sites excluding steroid dienone is 7. The minimum absolute atomic E-state index is 0.00724. The number of nitrogens with zero attached hydrogens (tertiary/aromatic N) is 4. The molecule has 0 unspecified atom stereocenters. The van der Waals surface area contributed by atoms with Crippen LogP contribution in [0.3, 0.4) is 0 Å². The molecule has 3 aliphatic rings. The van der Waals surface area contributed by atoms with Gasteiger partial charge in [0.15, 0.2) is 5.71 Å². The number of benzene rings is 4. The van der Waals surface area contributed by atoms with Crippen LogP contribution in [-0.4, -0.2) is 175 Å². The van der Waals surface area contributed by atoms with E-state index in [1.54, 1.807) is 24.3 Å². The second-order valence-electron chi connectivity index (χ2n) is 28.1. The SMILES string of the molecule is CCCNC(=O)N[C@@H](CCC(=O)CCCN(C)CCN(C)CCC(=O)C[C@@H](Cc1ccccc1)C(=O)N[C@@H](Cc1ccc(OC2=C(/C=C/C3=[N+](CCCCS(=O)(=O)O)c4ccccc4C3(C)C)CCC/C2=C\C=C2\N(CCCCS(=O)(=O)O)c3ccc(C)cc3C2(C)C)cc1)C(=O)O)C(=O)O. The zero-order valence-corrected chi connectivity index (χ0v) is 61.5. The van der Waals surface area contributed by atoms with E-state index in [0.29, 0.717) is 101 Å². The summed E-state index contributed by atoms with van der Waals surface area (Å²) in [5.41, 5.74) is 9.75. The van der Waals surface area contributed by atoms with Crippen LogP contribution in [0.15, 0.2) is 144 Å². The summed E-state index contributed by atoms with van der Waals surface area (Å²) in [5, 5.41) is 27.9. The van der Waals surface area contributed by atoms with Crippen molar-refractivity contribution in [3.8, 4) is 5.75 Å². The van der Waals surface area contributed by atoms with E-state index in [-0.39, 0.29) is 80.9 Å². The molecule has 0 bridgehead atoms. The van der Waals surface area contributed by atoms with Gasteiger partial charge in [0, 0.05) is 112 Å². The maximum Gasteiger partial charge on any atom is 0.326 e. The monoisotopic (exact) mass is 1430 g/mol. The van der Waals surface area contributed by atoms with Gasteiger partial charge in [0.2, 0.25) is 11.6 Å². The van der Waals surface area contributed by atoms with Crippen LogP contribution in [0.25, 0.3) is 0 Å². The highest BCUT2D eigenvalue weighted by atomic mass is 32.2. The summed E-state index contributed by atoms with van der Waals surface area (Å²) in [7, 11) is -4.45. The summed E-state index contributed by atoms with van der Waals surface area (Å²) >= 11 is 0. The maximum absolute atomic E-state index is 14.3. The molecular formula is C77H104N7O15S2+. The van der Waals surface area contributed by atoms with Crippen molar-refractivity contribution >= 4 is 72.8 Å². The maximum atomic E-state index is 14.3. The number of hydrogen-bond acceptors (Lipinski definition) is 14. The minimum Gasteiger partial charge on any atom is -0.480 e. The molecule has 0 saturated heterocycles. The predicted molar refractivity (Wildman–Crippen MR) is 393 cm³/mol. The zero-order chi connectivity index (χ0) is 73.7. The van der Waals surface area contributed by atoms with Crippen molar-refractivity contribution in [1.29, 1.82) is 0 Å². The Bertz CT molecular complexity index is 3970. The molecule has 0 aromatic heterocycles. The first-order chi connectivity index (χ1) is 47.8. The van der Waals surface area contributed by atoms with Crippen LogP contribution >= 0.6 is 0 Å². The number of ether oxygens (including phenoxy) is 1. The van der Waals surface area contributed by atoms with E-state index in [1.165, 1.54) is 0 Å². The fourth-order valence-corrected chi connectivity index (χ4v) is 14.5. The number of likely N-dealkylation sites (N-methyl/N-ethyl adjacent to an activating group) is 2. The number of carbonyl (C=O) groups is 6. The molecule has 0 radical (unpaired) electrons. The standard InChI is InChI=1S/C77H103N7O15S2/c1-9-41-78-75(92)80-65(73(88)89)36-33-60(85)25-20-42-81(7)46-47-82(8)45-40-61(86)53-59(51-55-21-11-10-12-22-55)72(87)79-66(74(90)91)52-56-29-34-62(35-30-56)99-71-57(31-38-69-76(3,4)63-26-13-14-27-67(63)83(69)43-15-17-48-100(93,94)95)23-19-24-58(71)32-39-70-77(5,6)64-50-54(2)28-37-68(64)84(70)44-16-18-49-101(96,97)98/h10-14,21-22,26-32,34-35,37-39,50,59,65-66H,9,15-20,23-25,33,36,40-49,51-53H2,1-8H3,(H6-,78,79,80,87,88,89,90,91,92,93,94,95,96,97,98)/p+1/t59-,65+,66+/m1/s1. The summed E-state index contributed by atoms with van der Waals surface area (Å²) in [6.45, 7) is 16.3. The molecule has 7 rings (SSSR count). The number of unbranched alkanes of at least 4 members (excludes halogenated alkanes) is 2. The Labute approximate surface area is 596 Å². The molecule has 24 heteroatoms. The average molecular weight is 1430 g/mol. The zero-order valence-electron chi connectivity index (χ0n) is 59.8. The van der Waals surface area contributed by atoms with Crippen LogP contribution in [0.5, 0.6) is 5.75 Å². The van der Waals surface area contributed by atoms with E-state index in [4.69, 9.17) is 4.74 Å². The van der Waals surface area contributed by atoms with Gasteiger partial charge in [0.05, 0.1) is 16.9 Å². The third kappa shape index (κ3) is 24.3. The van der Waals surface area contributed by atoms with Crippen LogP contribution in [0, 0.1) is 12.8 Å². The lowest BCUT2D eigenvalue weighted by atomic mass is 9.81. The first-order valence-corrected chi connectivity index (χ1v) is 38.4. The summed E-state index contributed by atoms with van der Waals surface area (Å²) in [6, 6.07) is 27.8. The van der Waals surface area contributed by atoms with Crippen molar-refractivity contribution in [2.45, 2.75) is 167 Å². The summed E-state index contributed by atoms with van der Waals surface area (Å²) in [5.74, 6) is -3.68. The lowest BCUT2D eigenvalue weighted by Crippen LogP contribution is -2.46. The Kier molecular flexibility index (Phi) is 29.5. The van der Waals surface area contributed by atoms with Crippen LogP contribution in [0.4, 0.5) is 16.2 Å². The number of para-hydroxylation sites is 1. The molecule has 22 nitrogen and oxygen atoms in total. The summed E-state index contributed by atoms with van der Waals surface area (Å²) in [4.78, 5) is 83.8. The number of Topliss-reactive ketones (excluding diaryl/α,β-unsaturated/α-hetero) is 2. The Morgan fingerprint density at radius 1 is 0.673 bits per heavy atom. The Morgan fingerprint density at radius 3 is 2.00 bits per heavy atom. The van der Waals surface area contributed by atoms with Gasteiger partial charge in [-0.25, -0.2) is 14.4 Å². The van der Waals surface area contributed by atoms with E-state index >= 15 is 0 Å². The molecule has 3 amide bonds. The van der Waals surface area contributed by atoms with E-state index in [0.717, 1.165) is 62.6 Å². The van der Waals surface area contributed by atoms with Crippen LogP contribution in [0.2, 0.25) is 0 Å². The number of carboxylic acids is 2. The highest BCUT2D eigenvalue weighted by Crippen LogP contribution is 2.49. The molecule has 0 fully saturated rings. The number of anilines is 1. The highest BCUT2D eigenvalue weighted by Gasteiger charge is 2.44. The molecule has 7 N–H and O–H groups in total. The summed E-state index contributed by atoms with van der Waals surface area (Å²) < 4.78 is 75.3. The third-order valence-corrected chi connectivity index (χ3v) is 20.7. The number of aliphatic carboxylic acids is 2. The van der Waals surface area contributed by atoms with E-state index in [9.17, 15) is 64.9 Å². The van der Waals surface area contributed by atoms with Gasteiger partial charge < -0.3 is 45.6 Å². The van der Waals surface area contributed by atoms with Gasteiger partial charge in [-0.2, -0.15) is 21.4 Å². The largest absolute Gasteiger partial charge is 0.480 e. The number of rotatable bonds is 41. The number of carboxylic acid groups (broad SMARTS) is 2. The molecule has 1 aliphatic carbocycles. The quantitative estimate of drug-likeness (QED) is 0.0123. The molecule has 101 heavy (non-hydrogen) atoms. The van der Waals surface area contributed by atoms with Gasteiger partial charge in [-0.1, -0.05) is 105 Å². The van der Waals surface area contributed by atoms with Gasteiger partial charge in [-0.3, -0.25) is 23.5 Å². The van der Waals surface area contributed by atoms with Crippen molar-refractivity contribution in [2.75, 3.05) is 76.3 Å². The molecule has 4 aromatic carbocycles. The molecule has 2 heterocycles. The van der Waals surface area contributed by atoms with Gasteiger partial charge in [-0.05, 0) is 164 Å². The average Bonchev–Trinajstić information content (AvgIpc) is 1.60.